The number of carbonyl (C=O) groups is 2. The van der Waals surface area contributed by atoms with E-state index >= 15 is 0 Å². The van der Waals surface area contributed by atoms with Crippen LogP contribution in [0.15, 0.2) is 24.3 Å². The van der Waals surface area contributed by atoms with Gasteiger partial charge in [0.1, 0.15) is 0 Å². The lowest BCUT2D eigenvalue weighted by Crippen LogP contribution is -2.42. The summed E-state index contributed by atoms with van der Waals surface area (Å²) in [6.45, 7) is 3.43. The van der Waals surface area contributed by atoms with Crippen LogP contribution in [0.5, 0.6) is 0 Å². The third-order valence-electron chi connectivity index (χ3n) is 3.64. The lowest BCUT2D eigenvalue weighted by Gasteiger charge is -2.29. The third-order valence-corrected chi connectivity index (χ3v) is 3.64. The molecule has 1 aliphatic rings. The molecule has 0 bridgehead atoms. The fourth-order valence-electron chi connectivity index (χ4n) is 2.51. The maximum absolute atomic E-state index is 12.0. The summed E-state index contributed by atoms with van der Waals surface area (Å²) in [6.07, 6.45) is 1.53. The topological polar surface area (TPSA) is 69.6 Å². The van der Waals surface area contributed by atoms with Crippen LogP contribution in [0.2, 0.25) is 0 Å². The molecule has 2 N–H and O–H groups in total. The Morgan fingerprint density at radius 2 is 2.15 bits per heavy atom. The van der Waals surface area contributed by atoms with Crippen LogP contribution in [0.4, 0.5) is 5.69 Å². The molecule has 2 rings (SSSR count). The molecule has 1 saturated heterocycles. The van der Waals surface area contributed by atoms with Crippen molar-refractivity contribution in [2.75, 3.05) is 25.0 Å². The monoisotopic (exact) mass is 276 g/mol. The van der Waals surface area contributed by atoms with Gasteiger partial charge in [-0.3, -0.25) is 14.5 Å². The summed E-state index contributed by atoms with van der Waals surface area (Å²) in [4.78, 5) is 24.9. The number of benzene rings is 1. The molecule has 1 aliphatic heterocycles. The van der Waals surface area contributed by atoms with E-state index in [4.69, 9.17) is 5.11 Å². The van der Waals surface area contributed by atoms with Gasteiger partial charge in [0.2, 0.25) is 5.91 Å². The second kappa shape index (κ2) is 6.52. The lowest BCUT2D eigenvalue weighted by atomic mass is 9.98. The number of para-hydroxylation sites is 1. The fourth-order valence-corrected chi connectivity index (χ4v) is 2.51. The largest absolute Gasteiger partial charge is 0.481 e. The number of nitrogens with one attached hydrogen (secondary N) is 1. The Labute approximate surface area is 118 Å². The minimum atomic E-state index is -0.769. The van der Waals surface area contributed by atoms with Gasteiger partial charge in [0.15, 0.2) is 0 Å². The predicted molar refractivity (Wildman–Crippen MR) is 76.6 cm³/mol. The molecule has 1 aromatic rings. The summed E-state index contributed by atoms with van der Waals surface area (Å²) >= 11 is 0. The number of carboxylic acid groups (broad SMARTS) is 1. The number of carbonyl (C=O) groups excluding carboxylic acids is 1. The second-order valence-corrected chi connectivity index (χ2v) is 5.28. The molecule has 5 heteroatoms. The van der Waals surface area contributed by atoms with Crippen LogP contribution in [-0.2, 0) is 9.59 Å². The predicted octanol–water partition coefficient (Wildman–Crippen LogP) is 1.73. The van der Waals surface area contributed by atoms with E-state index in [0.717, 1.165) is 24.2 Å². The van der Waals surface area contributed by atoms with E-state index in [-0.39, 0.29) is 18.4 Å². The first-order valence-electron chi connectivity index (χ1n) is 6.87. The van der Waals surface area contributed by atoms with Gasteiger partial charge in [0, 0.05) is 12.2 Å². The fraction of sp³-hybridized carbons (Fsp3) is 0.467. The molecule has 1 aromatic carbocycles. The standard InChI is InChI=1S/C15H20N2O3/c1-11-5-2-3-7-13(11)16-14(18)10-17-8-4-6-12(9-17)15(19)20/h2-3,5,7,12H,4,6,8-10H2,1H3,(H,16,18)(H,19,20). The highest BCUT2D eigenvalue weighted by Crippen LogP contribution is 2.17. The molecule has 5 nitrogen and oxygen atoms in total. The van der Waals surface area contributed by atoms with E-state index in [1.807, 2.05) is 36.1 Å². The van der Waals surface area contributed by atoms with E-state index in [1.165, 1.54) is 0 Å². The number of anilines is 1. The second-order valence-electron chi connectivity index (χ2n) is 5.28. The maximum Gasteiger partial charge on any atom is 0.307 e. The molecule has 0 radical (unpaired) electrons. The number of nitrogens with zero attached hydrogens (tertiary/aromatic N) is 1. The van der Waals surface area contributed by atoms with Crippen LogP contribution >= 0.6 is 0 Å². The molecule has 1 atom stereocenters. The zero-order valence-electron chi connectivity index (χ0n) is 11.6. The van der Waals surface area contributed by atoms with Crippen LogP contribution in [0, 0.1) is 12.8 Å². The number of hydrogen-bond acceptors (Lipinski definition) is 3. The zero-order valence-corrected chi connectivity index (χ0v) is 11.6. The molecule has 0 spiro atoms. The van der Waals surface area contributed by atoms with E-state index in [1.54, 1.807) is 0 Å². The molecule has 1 heterocycles. The Kier molecular flexibility index (Phi) is 4.74. The Morgan fingerprint density at radius 3 is 2.85 bits per heavy atom. The summed E-state index contributed by atoms with van der Waals surface area (Å²) in [6, 6.07) is 7.61. The van der Waals surface area contributed by atoms with Gasteiger partial charge < -0.3 is 10.4 Å². The number of rotatable bonds is 4. The van der Waals surface area contributed by atoms with Gasteiger partial charge in [0.25, 0.3) is 0 Å². The minimum absolute atomic E-state index is 0.0923. The average Bonchev–Trinajstić information content (AvgIpc) is 2.41. The smallest absolute Gasteiger partial charge is 0.307 e. The molecule has 0 saturated carbocycles. The van der Waals surface area contributed by atoms with Crippen molar-refractivity contribution in [2.45, 2.75) is 19.8 Å². The first-order chi connectivity index (χ1) is 9.56. The van der Waals surface area contributed by atoms with Gasteiger partial charge in [0.05, 0.1) is 12.5 Å². The summed E-state index contributed by atoms with van der Waals surface area (Å²) < 4.78 is 0. The van der Waals surface area contributed by atoms with Crippen molar-refractivity contribution in [3.63, 3.8) is 0 Å². The number of hydrogen-bond donors (Lipinski definition) is 2. The van der Waals surface area contributed by atoms with E-state index < -0.39 is 5.97 Å². The third kappa shape index (κ3) is 3.81. The first-order valence-corrected chi connectivity index (χ1v) is 6.87. The Bertz CT molecular complexity index is 502. The highest BCUT2D eigenvalue weighted by molar-refractivity contribution is 5.93. The molecular weight excluding hydrogens is 256 g/mol. The minimum Gasteiger partial charge on any atom is -0.481 e. The molecule has 20 heavy (non-hydrogen) atoms. The molecule has 108 valence electrons. The number of aliphatic carboxylic acids is 1. The number of carboxylic acids is 1. The summed E-state index contributed by atoms with van der Waals surface area (Å²) in [5.41, 5.74) is 1.83. The Hall–Kier alpha value is -1.88. The van der Waals surface area contributed by atoms with Crippen molar-refractivity contribution in [3.8, 4) is 0 Å². The Morgan fingerprint density at radius 1 is 1.40 bits per heavy atom. The Balaban J connectivity index is 1.88. The van der Waals surface area contributed by atoms with Crippen molar-refractivity contribution in [2.24, 2.45) is 5.92 Å². The highest BCUT2D eigenvalue weighted by atomic mass is 16.4. The molecule has 0 aromatic heterocycles. The summed E-state index contributed by atoms with van der Waals surface area (Å²) in [5.74, 6) is -1.21. The SMILES string of the molecule is Cc1ccccc1NC(=O)CN1CCCC(C(=O)O)C1. The van der Waals surface area contributed by atoms with Crippen LogP contribution < -0.4 is 5.32 Å². The van der Waals surface area contributed by atoms with Crippen molar-refractivity contribution < 1.29 is 14.7 Å². The van der Waals surface area contributed by atoms with E-state index in [2.05, 4.69) is 5.32 Å². The van der Waals surface area contributed by atoms with Gasteiger partial charge in [-0.05, 0) is 37.9 Å². The van der Waals surface area contributed by atoms with Crippen molar-refractivity contribution in [3.05, 3.63) is 29.8 Å². The maximum atomic E-state index is 12.0. The molecular formula is C15H20N2O3. The van der Waals surface area contributed by atoms with Crippen LogP contribution in [0.25, 0.3) is 0 Å². The number of piperidine rings is 1. The van der Waals surface area contributed by atoms with Gasteiger partial charge in [-0.1, -0.05) is 18.2 Å². The van der Waals surface area contributed by atoms with E-state index in [0.29, 0.717) is 13.0 Å². The van der Waals surface area contributed by atoms with Gasteiger partial charge >= 0.3 is 5.97 Å². The first kappa shape index (κ1) is 14.5. The van der Waals surface area contributed by atoms with Crippen molar-refractivity contribution >= 4 is 17.6 Å². The molecule has 0 aliphatic carbocycles. The summed E-state index contributed by atoms with van der Waals surface area (Å²) in [5, 5.41) is 11.9. The lowest BCUT2D eigenvalue weighted by molar-refractivity contribution is -0.144. The average molecular weight is 276 g/mol. The molecule has 1 fully saturated rings. The number of likely N-dealkylation sites (tertiary alicyclic amines) is 1. The van der Waals surface area contributed by atoms with Crippen LogP contribution in [0.1, 0.15) is 18.4 Å². The van der Waals surface area contributed by atoms with Crippen molar-refractivity contribution in [1.82, 2.24) is 4.90 Å². The molecule has 1 unspecified atom stereocenters. The van der Waals surface area contributed by atoms with Crippen LogP contribution in [0.3, 0.4) is 0 Å². The quantitative estimate of drug-likeness (QED) is 0.878. The zero-order chi connectivity index (χ0) is 14.5. The van der Waals surface area contributed by atoms with Gasteiger partial charge in [-0.25, -0.2) is 0 Å². The van der Waals surface area contributed by atoms with Crippen LogP contribution in [-0.4, -0.2) is 41.5 Å². The number of aryl methyl sites for hydroxylation is 1. The van der Waals surface area contributed by atoms with Gasteiger partial charge in [-0.15, -0.1) is 0 Å². The number of amides is 1. The van der Waals surface area contributed by atoms with E-state index in [9.17, 15) is 9.59 Å². The summed E-state index contributed by atoms with van der Waals surface area (Å²) in [7, 11) is 0. The normalized spacial score (nSPS) is 19.6. The van der Waals surface area contributed by atoms with Gasteiger partial charge in [-0.2, -0.15) is 0 Å². The van der Waals surface area contributed by atoms with Crippen molar-refractivity contribution in [1.29, 1.82) is 0 Å². The molecule has 1 amide bonds. The highest BCUT2D eigenvalue weighted by Gasteiger charge is 2.26.